The zero-order valence-corrected chi connectivity index (χ0v) is 23.3. The zero-order valence-electron chi connectivity index (χ0n) is 19.0. The van der Waals surface area contributed by atoms with Gasteiger partial charge >= 0.3 is 5.69 Å². The lowest BCUT2D eigenvalue weighted by Crippen LogP contribution is -2.49. The number of rotatable bonds is 6. The molecule has 2 aromatic rings. The van der Waals surface area contributed by atoms with Gasteiger partial charge in [0.1, 0.15) is 17.9 Å². The maximum Gasteiger partial charge on any atom is 0.327 e. The summed E-state index contributed by atoms with van der Waals surface area (Å²) >= 11 is 8.97. The number of hydrogen-bond acceptors (Lipinski definition) is 9. The molecule has 0 aromatic carbocycles. The van der Waals surface area contributed by atoms with Gasteiger partial charge in [0.15, 0.2) is 30.9 Å². The van der Waals surface area contributed by atoms with Crippen LogP contribution in [0.2, 0.25) is 18.1 Å². The molecule has 0 saturated carbocycles. The van der Waals surface area contributed by atoms with E-state index in [-0.39, 0.29) is 22.8 Å². The largest absolute Gasteiger partial charge is 0.408 e. The molecule has 0 unspecified atom stereocenters. The molecule has 0 amide bonds. The lowest BCUT2D eigenvalue weighted by Gasteiger charge is -2.39. The Labute approximate surface area is 204 Å². The molecule has 0 spiro atoms. The maximum absolute atomic E-state index is 16.0. The van der Waals surface area contributed by atoms with E-state index in [1.54, 1.807) is 22.8 Å². The third-order valence-electron chi connectivity index (χ3n) is 6.22. The van der Waals surface area contributed by atoms with Crippen molar-refractivity contribution in [1.29, 1.82) is 0 Å². The van der Waals surface area contributed by atoms with Crippen LogP contribution in [0.5, 0.6) is 0 Å². The predicted molar refractivity (Wildman–Crippen MR) is 137 cm³/mol. The third kappa shape index (κ3) is 5.08. The number of nitrogens with one attached hydrogen (secondary N) is 2. The number of halogens is 1. The number of aromatic nitrogens is 4. The summed E-state index contributed by atoms with van der Waals surface area (Å²) in [7, 11) is -2.36. The van der Waals surface area contributed by atoms with Gasteiger partial charge in [-0.25, -0.2) is 14.2 Å². The summed E-state index contributed by atoms with van der Waals surface area (Å²) in [4.78, 5) is 32.6. The van der Waals surface area contributed by atoms with Crippen molar-refractivity contribution in [2.45, 2.75) is 63.5 Å². The van der Waals surface area contributed by atoms with E-state index in [0.29, 0.717) is 0 Å². The highest BCUT2D eigenvalue weighted by atomic mass is 33.2. The van der Waals surface area contributed by atoms with Crippen molar-refractivity contribution in [2.24, 2.45) is 0 Å². The molecule has 0 radical (unpaired) electrons. The van der Waals surface area contributed by atoms with E-state index >= 15 is 4.39 Å². The first-order chi connectivity index (χ1) is 15.3. The average molecular weight is 555 g/mol. The van der Waals surface area contributed by atoms with Crippen molar-refractivity contribution >= 4 is 58.7 Å². The highest BCUT2D eigenvalue weighted by Crippen LogP contribution is 2.74. The normalized spacial score (nSPS) is 28.1. The van der Waals surface area contributed by atoms with E-state index in [1.165, 1.54) is 10.9 Å². The van der Waals surface area contributed by atoms with Gasteiger partial charge in [0.25, 0.3) is 5.56 Å². The number of hydrogen-bond donors (Lipinski definition) is 2. The minimum absolute atomic E-state index is 0.00107. The molecule has 2 fully saturated rings. The first kappa shape index (κ1) is 25.6. The van der Waals surface area contributed by atoms with Crippen molar-refractivity contribution in [3.8, 4) is 0 Å². The summed E-state index contributed by atoms with van der Waals surface area (Å²) in [5.41, 5.74) is -1.26. The van der Waals surface area contributed by atoms with E-state index in [1.807, 2.05) is 0 Å². The molecule has 2 aliphatic rings. The Balaban J connectivity index is 1.66. The summed E-state index contributed by atoms with van der Waals surface area (Å²) in [5.74, 6) is 1.88. The molecule has 0 aliphatic carbocycles. The lowest BCUT2D eigenvalue weighted by atomic mass is 10.1. The van der Waals surface area contributed by atoms with Crippen molar-refractivity contribution < 1.29 is 18.1 Å². The fraction of sp³-hybridized carbons (Fsp3) is 0.722. The predicted octanol–water partition coefficient (Wildman–Crippen LogP) is 3.76. The van der Waals surface area contributed by atoms with Crippen molar-refractivity contribution in [3.63, 3.8) is 0 Å². The van der Waals surface area contributed by atoms with Crippen molar-refractivity contribution in [2.75, 3.05) is 18.1 Å². The monoisotopic (exact) mass is 554 g/mol. The zero-order chi connectivity index (χ0) is 24.2. The highest BCUT2D eigenvalue weighted by Gasteiger charge is 2.52. The second-order valence-corrected chi connectivity index (χ2v) is 25.0. The molecular formula is C18H28FN4O5PS3Si. The SMILES string of the molecule is CC(C)(C)[Si](C)(C)O[C@H]1[C@@H](F)[C@H](n2cnc3c(=O)[nH]c(=O)[nH]c32)O[C@@H]1COP1(=S)SCCS1. The number of ether oxygens (including phenoxy) is 1. The van der Waals surface area contributed by atoms with E-state index < -0.39 is 48.8 Å². The van der Waals surface area contributed by atoms with E-state index in [4.69, 9.17) is 25.5 Å². The van der Waals surface area contributed by atoms with Crippen LogP contribution in [-0.2, 0) is 25.5 Å². The van der Waals surface area contributed by atoms with Crippen LogP contribution in [0.25, 0.3) is 11.2 Å². The fourth-order valence-corrected chi connectivity index (χ4v) is 13.6. The number of alkyl halides is 1. The van der Waals surface area contributed by atoms with Gasteiger partial charge in [-0.1, -0.05) is 43.5 Å². The van der Waals surface area contributed by atoms with Crippen LogP contribution in [0, 0.1) is 0 Å². The Morgan fingerprint density at radius 3 is 2.64 bits per heavy atom. The molecule has 4 rings (SSSR count). The van der Waals surface area contributed by atoms with Crippen molar-refractivity contribution in [3.05, 3.63) is 27.2 Å². The summed E-state index contributed by atoms with van der Waals surface area (Å²) in [6.07, 6.45) is -3.01. The topological polar surface area (TPSA) is 111 Å². The van der Waals surface area contributed by atoms with Crippen LogP contribution in [0.3, 0.4) is 0 Å². The van der Waals surface area contributed by atoms with Gasteiger partial charge in [0, 0.05) is 11.5 Å². The van der Waals surface area contributed by atoms with Crippen LogP contribution >= 0.6 is 27.4 Å². The Kier molecular flexibility index (Phi) is 7.14. The standard InChI is InChI=1S/C18H28FN4O5PS3Si/c1-18(2,3)33(4,5)28-13-10(8-26-29(30)31-6-7-32-29)27-16(11(13)19)23-9-20-12-14(23)21-17(25)22-15(12)24/h9-11,13,16H,6-8H2,1-5H3,(H2,21,22,24,25)/t10-,11-,13-,16-/m1/s1. The smallest absolute Gasteiger partial charge is 0.327 e. The molecule has 2 aliphatic heterocycles. The van der Waals surface area contributed by atoms with Crippen LogP contribution in [0.15, 0.2) is 15.9 Å². The van der Waals surface area contributed by atoms with Gasteiger partial charge in [-0.05, 0) is 29.9 Å². The Bertz CT molecular complexity index is 1190. The molecule has 4 heterocycles. The molecule has 9 nitrogen and oxygen atoms in total. The number of H-pyrrole nitrogens is 2. The molecular weight excluding hydrogens is 526 g/mol. The van der Waals surface area contributed by atoms with Crippen LogP contribution in [0.4, 0.5) is 4.39 Å². The van der Waals surface area contributed by atoms with Gasteiger partial charge in [-0.3, -0.25) is 19.3 Å². The molecule has 2 aromatic heterocycles. The Morgan fingerprint density at radius 1 is 1.33 bits per heavy atom. The van der Waals surface area contributed by atoms with Gasteiger partial charge in [0.2, 0.25) is 0 Å². The quantitative estimate of drug-likeness (QED) is 0.407. The summed E-state index contributed by atoms with van der Waals surface area (Å²) in [6.45, 7) is 10.5. The molecule has 33 heavy (non-hydrogen) atoms. The summed E-state index contributed by atoms with van der Waals surface area (Å²) in [6, 6.07) is 0. The highest BCUT2D eigenvalue weighted by molar-refractivity contribution is 9.00. The Morgan fingerprint density at radius 2 is 2.00 bits per heavy atom. The summed E-state index contributed by atoms with van der Waals surface area (Å²) in [5, 5.41) is -0.139. The molecule has 184 valence electrons. The van der Waals surface area contributed by atoms with Crippen LogP contribution < -0.4 is 11.2 Å². The van der Waals surface area contributed by atoms with E-state index in [9.17, 15) is 9.59 Å². The van der Waals surface area contributed by atoms with Crippen molar-refractivity contribution in [1.82, 2.24) is 19.5 Å². The Hall–Kier alpha value is -0.473. The molecule has 0 bridgehead atoms. The number of aromatic amines is 2. The second kappa shape index (κ2) is 9.19. The van der Waals surface area contributed by atoms with Gasteiger partial charge in [-0.15, -0.1) is 0 Å². The first-order valence-electron chi connectivity index (χ1n) is 10.5. The number of fused-ring (bicyclic) bond motifs is 1. The van der Waals surface area contributed by atoms with Gasteiger partial charge in [-0.2, -0.15) is 0 Å². The minimum atomic E-state index is -2.36. The van der Waals surface area contributed by atoms with E-state index in [0.717, 1.165) is 11.5 Å². The first-order valence-corrected chi connectivity index (χ1v) is 19.3. The molecule has 2 N–H and O–H groups in total. The fourth-order valence-electron chi connectivity index (χ4n) is 3.43. The van der Waals surface area contributed by atoms with Gasteiger partial charge < -0.3 is 13.7 Å². The number of nitrogens with zero attached hydrogens (tertiary/aromatic N) is 2. The second-order valence-electron chi connectivity index (χ2n) is 9.52. The summed E-state index contributed by atoms with van der Waals surface area (Å²) < 4.78 is 33.9. The maximum atomic E-state index is 16.0. The van der Waals surface area contributed by atoms with Crippen LogP contribution in [-0.4, -0.2) is 64.3 Å². The average Bonchev–Trinajstić information content (AvgIpc) is 3.39. The number of imidazole rings is 1. The molecule has 2 saturated heterocycles. The minimum Gasteiger partial charge on any atom is -0.408 e. The third-order valence-corrected chi connectivity index (χ3v) is 20.6. The van der Waals surface area contributed by atoms with Crippen LogP contribution in [0.1, 0.15) is 27.0 Å². The lowest BCUT2D eigenvalue weighted by molar-refractivity contribution is -0.0378. The van der Waals surface area contributed by atoms with E-state index in [2.05, 4.69) is 48.8 Å². The van der Waals surface area contributed by atoms with Gasteiger partial charge in [0.05, 0.1) is 12.9 Å². The molecule has 15 heteroatoms. The molecule has 4 atom stereocenters.